The Labute approximate surface area is 96.0 Å². The molecule has 84 valence electrons. The highest BCUT2D eigenvalue weighted by Crippen LogP contribution is 2.25. The number of nitrogens with two attached hydrogens (primary N) is 1. The van der Waals surface area contributed by atoms with Gasteiger partial charge in [0.1, 0.15) is 17.2 Å². The van der Waals surface area contributed by atoms with Crippen molar-refractivity contribution >= 4 is 17.4 Å². The Morgan fingerprint density at radius 3 is 2.88 bits per heavy atom. The van der Waals surface area contributed by atoms with Crippen molar-refractivity contribution in [2.45, 2.75) is 17.6 Å². The summed E-state index contributed by atoms with van der Waals surface area (Å²) < 4.78 is 17.7. The number of hydrogen-bond donors (Lipinski definition) is 1. The number of aryl methyl sites for hydroxylation is 1. The van der Waals surface area contributed by atoms with E-state index in [1.807, 2.05) is 6.92 Å². The van der Waals surface area contributed by atoms with E-state index in [9.17, 15) is 4.39 Å². The van der Waals surface area contributed by atoms with Crippen molar-refractivity contribution in [3.8, 4) is 0 Å². The molecule has 0 aliphatic heterocycles. The fourth-order valence-corrected chi connectivity index (χ4v) is 2.05. The topological polar surface area (TPSA) is 64.9 Å². The highest BCUT2D eigenvalue weighted by atomic mass is 32.2. The molecule has 0 fully saturated rings. The van der Waals surface area contributed by atoms with Crippen LogP contribution in [0.5, 0.6) is 0 Å². The van der Waals surface area contributed by atoms with Crippen molar-refractivity contribution in [3.63, 3.8) is 0 Å². The minimum absolute atomic E-state index is 0.156. The molecule has 0 spiro atoms. The second-order valence-electron chi connectivity index (χ2n) is 3.27. The summed E-state index contributed by atoms with van der Waals surface area (Å²) in [6, 6.07) is 4.72. The first-order valence-corrected chi connectivity index (χ1v) is 5.61. The lowest BCUT2D eigenvalue weighted by Crippen LogP contribution is -1.90. The summed E-state index contributed by atoms with van der Waals surface area (Å²) in [7, 11) is 0. The lowest BCUT2D eigenvalue weighted by Gasteiger charge is -2.01. The molecule has 0 aliphatic carbocycles. The maximum atomic E-state index is 13.1. The zero-order valence-corrected chi connectivity index (χ0v) is 9.42. The van der Waals surface area contributed by atoms with Crippen LogP contribution in [0.1, 0.15) is 11.4 Å². The molecule has 16 heavy (non-hydrogen) atoms. The third-order valence-electron chi connectivity index (χ3n) is 2.09. The Kier molecular flexibility index (Phi) is 3.09. The molecular weight excluding hydrogens is 229 g/mol. The van der Waals surface area contributed by atoms with E-state index in [1.165, 1.54) is 17.8 Å². The lowest BCUT2D eigenvalue weighted by molar-refractivity contribution is 0.302. The van der Waals surface area contributed by atoms with Crippen LogP contribution in [0.4, 0.5) is 10.1 Å². The molecule has 0 saturated heterocycles. The van der Waals surface area contributed by atoms with Gasteiger partial charge in [-0.25, -0.2) is 9.02 Å². The van der Waals surface area contributed by atoms with Gasteiger partial charge in [-0.3, -0.25) is 0 Å². The predicted octanol–water partition coefficient (Wildman–Crippen LogP) is 2.39. The number of thioether (sulfide) groups is 1. The molecule has 0 amide bonds. The van der Waals surface area contributed by atoms with Gasteiger partial charge in [-0.2, -0.15) is 0 Å². The Bertz CT molecular complexity index is 501. The summed E-state index contributed by atoms with van der Waals surface area (Å²) in [6.45, 7) is 1.82. The molecule has 2 aromatic rings. The van der Waals surface area contributed by atoms with E-state index in [-0.39, 0.29) is 5.69 Å². The first-order chi connectivity index (χ1) is 7.66. The van der Waals surface area contributed by atoms with Gasteiger partial charge in [0.2, 0.25) is 0 Å². The normalized spacial score (nSPS) is 10.6. The molecule has 0 radical (unpaired) electrons. The molecule has 0 atom stereocenters. The number of halogens is 1. The van der Waals surface area contributed by atoms with E-state index >= 15 is 0 Å². The number of hydrogen-bond acceptors (Lipinski definition) is 5. The molecule has 0 saturated carbocycles. The van der Waals surface area contributed by atoms with Gasteiger partial charge >= 0.3 is 0 Å². The fourth-order valence-electron chi connectivity index (χ4n) is 1.13. The second kappa shape index (κ2) is 4.52. The third kappa shape index (κ3) is 2.33. The van der Waals surface area contributed by atoms with Crippen LogP contribution >= 0.6 is 11.8 Å². The molecule has 2 N–H and O–H groups in total. The monoisotopic (exact) mass is 239 g/mol. The third-order valence-corrected chi connectivity index (χ3v) is 3.10. The summed E-state index contributed by atoms with van der Waals surface area (Å²) in [5.74, 6) is 0.193. The van der Waals surface area contributed by atoms with Gasteiger partial charge in [0.15, 0.2) is 0 Å². The van der Waals surface area contributed by atoms with Crippen LogP contribution in [0.3, 0.4) is 0 Å². The average Bonchev–Trinajstić information content (AvgIpc) is 2.66. The number of aromatic nitrogens is 2. The van der Waals surface area contributed by atoms with Gasteiger partial charge in [0.25, 0.3) is 0 Å². The Morgan fingerprint density at radius 1 is 1.44 bits per heavy atom. The molecule has 1 heterocycles. The first-order valence-electron chi connectivity index (χ1n) is 4.62. The minimum atomic E-state index is -0.403. The molecule has 1 aromatic heterocycles. The van der Waals surface area contributed by atoms with Gasteiger partial charge in [-0.1, -0.05) is 10.3 Å². The van der Waals surface area contributed by atoms with Gasteiger partial charge < -0.3 is 5.73 Å². The maximum absolute atomic E-state index is 13.1. The molecule has 1 aromatic carbocycles. The largest absolute Gasteiger partial charge is 0.396 e. The average molecular weight is 239 g/mol. The summed E-state index contributed by atoms with van der Waals surface area (Å²) in [5.41, 5.74) is 7.06. The Morgan fingerprint density at radius 2 is 2.25 bits per heavy atom. The quantitative estimate of drug-likeness (QED) is 0.658. The number of rotatable bonds is 3. The van der Waals surface area contributed by atoms with Crippen molar-refractivity contribution in [1.82, 2.24) is 10.3 Å². The fraction of sp³-hybridized carbons (Fsp3) is 0.200. The predicted molar refractivity (Wildman–Crippen MR) is 59.4 cm³/mol. The summed E-state index contributed by atoms with van der Waals surface area (Å²) in [5, 5.41) is 7.41. The van der Waals surface area contributed by atoms with E-state index in [4.69, 9.17) is 5.73 Å². The standard InChI is InChI=1S/C10H10FN3OS/c1-6-10(14-15-13-6)5-16-7-2-3-9(12)8(11)4-7/h2-4H,5,12H2,1H3. The zero-order chi connectivity index (χ0) is 11.5. The highest BCUT2D eigenvalue weighted by molar-refractivity contribution is 7.98. The first kappa shape index (κ1) is 10.9. The van der Waals surface area contributed by atoms with Gasteiger partial charge in [0.05, 0.1) is 5.69 Å². The zero-order valence-electron chi connectivity index (χ0n) is 8.61. The van der Waals surface area contributed by atoms with Crippen molar-refractivity contribution in [2.24, 2.45) is 0 Å². The number of nitrogen functional groups attached to an aromatic ring is 1. The van der Waals surface area contributed by atoms with Gasteiger partial charge in [0, 0.05) is 10.6 Å². The van der Waals surface area contributed by atoms with Gasteiger partial charge in [-0.05, 0) is 25.1 Å². The Balaban J connectivity index is 2.05. The molecule has 4 nitrogen and oxygen atoms in total. The van der Waals surface area contributed by atoms with Crippen molar-refractivity contribution < 1.29 is 9.02 Å². The smallest absolute Gasteiger partial charge is 0.147 e. The van der Waals surface area contributed by atoms with Crippen molar-refractivity contribution in [2.75, 3.05) is 5.73 Å². The Hall–Kier alpha value is -1.56. The van der Waals surface area contributed by atoms with Crippen LogP contribution in [0.2, 0.25) is 0 Å². The van der Waals surface area contributed by atoms with E-state index in [0.29, 0.717) is 5.75 Å². The van der Waals surface area contributed by atoms with Crippen LogP contribution in [-0.2, 0) is 5.75 Å². The van der Waals surface area contributed by atoms with E-state index in [2.05, 4.69) is 14.9 Å². The van der Waals surface area contributed by atoms with Crippen LogP contribution in [0, 0.1) is 12.7 Å². The van der Waals surface area contributed by atoms with E-state index in [1.54, 1.807) is 12.1 Å². The van der Waals surface area contributed by atoms with Crippen molar-refractivity contribution in [1.29, 1.82) is 0 Å². The minimum Gasteiger partial charge on any atom is -0.396 e. The summed E-state index contributed by atoms with van der Waals surface area (Å²) >= 11 is 1.46. The van der Waals surface area contributed by atoms with Crippen LogP contribution in [-0.4, -0.2) is 10.3 Å². The molecule has 2 rings (SSSR count). The maximum Gasteiger partial charge on any atom is 0.147 e. The summed E-state index contributed by atoms with van der Waals surface area (Å²) in [6.07, 6.45) is 0. The van der Waals surface area contributed by atoms with E-state index in [0.717, 1.165) is 16.3 Å². The molecular formula is C10H10FN3OS. The summed E-state index contributed by atoms with van der Waals surface area (Å²) in [4.78, 5) is 0.800. The number of nitrogens with zero attached hydrogens (tertiary/aromatic N) is 2. The number of anilines is 1. The lowest BCUT2D eigenvalue weighted by atomic mass is 10.3. The SMILES string of the molecule is Cc1nonc1CSc1ccc(N)c(F)c1. The second-order valence-corrected chi connectivity index (χ2v) is 4.32. The molecule has 0 unspecified atom stereocenters. The van der Waals surface area contributed by atoms with Gasteiger partial charge in [-0.15, -0.1) is 11.8 Å². The molecule has 0 aliphatic rings. The highest BCUT2D eigenvalue weighted by Gasteiger charge is 2.06. The van der Waals surface area contributed by atoms with E-state index < -0.39 is 5.82 Å². The molecule has 0 bridgehead atoms. The van der Waals surface area contributed by atoms with Crippen LogP contribution in [0.15, 0.2) is 27.7 Å². The van der Waals surface area contributed by atoms with Crippen LogP contribution in [0.25, 0.3) is 0 Å². The number of benzene rings is 1. The molecule has 6 heteroatoms. The van der Waals surface area contributed by atoms with Crippen molar-refractivity contribution in [3.05, 3.63) is 35.4 Å². The van der Waals surface area contributed by atoms with Crippen LogP contribution < -0.4 is 5.73 Å².